The van der Waals surface area contributed by atoms with Crippen molar-refractivity contribution in [3.63, 3.8) is 0 Å². The first kappa shape index (κ1) is 21.3. The number of benzene rings is 2. The van der Waals surface area contributed by atoms with Crippen LogP contribution in [0.2, 0.25) is 0 Å². The largest absolute Gasteiger partial charge is 0.349 e. The first-order chi connectivity index (χ1) is 15.0. The summed E-state index contributed by atoms with van der Waals surface area (Å²) in [6, 6.07) is 21.1. The van der Waals surface area contributed by atoms with Gasteiger partial charge < -0.3 is 10.2 Å². The number of rotatable bonds is 6. The molecule has 0 unspecified atom stereocenters. The van der Waals surface area contributed by atoms with Gasteiger partial charge >= 0.3 is 0 Å². The molecule has 160 valence electrons. The molecule has 4 nitrogen and oxygen atoms in total. The number of carbonyl (C=O) groups excluding carboxylic acids is 2. The molecule has 0 radical (unpaired) electrons. The molecule has 0 saturated carbocycles. The number of fused-ring (bicyclic) bond motifs is 1. The van der Waals surface area contributed by atoms with E-state index in [-0.39, 0.29) is 23.9 Å². The molecule has 5 heteroatoms. The molecular formula is C26H28N2O2S. The molecule has 1 aromatic heterocycles. The fourth-order valence-electron chi connectivity index (χ4n) is 4.37. The molecule has 2 aromatic carbocycles. The van der Waals surface area contributed by atoms with Gasteiger partial charge in [0.25, 0.3) is 5.91 Å². The number of nitrogens with one attached hydrogen (secondary N) is 1. The van der Waals surface area contributed by atoms with Gasteiger partial charge in [-0.15, -0.1) is 11.3 Å². The smallest absolute Gasteiger partial charge is 0.254 e. The highest BCUT2D eigenvalue weighted by Gasteiger charge is 2.44. The van der Waals surface area contributed by atoms with Gasteiger partial charge in [0.15, 0.2) is 0 Å². The zero-order valence-electron chi connectivity index (χ0n) is 18.1. The first-order valence-electron chi connectivity index (χ1n) is 10.8. The van der Waals surface area contributed by atoms with Gasteiger partial charge in [-0.1, -0.05) is 68.4 Å². The van der Waals surface area contributed by atoms with Crippen molar-refractivity contribution in [1.29, 1.82) is 0 Å². The quantitative estimate of drug-likeness (QED) is 0.554. The molecular weight excluding hydrogens is 404 g/mol. The van der Waals surface area contributed by atoms with Crippen molar-refractivity contribution >= 4 is 23.2 Å². The highest BCUT2D eigenvalue weighted by atomic mass is 32.1. The van der Waals surface area contributed by atoms with Crippen molar-refractivity contribution in [3.8, 4) is 0 Å². The van der Waals surface area contributed by atoms with Gasteiger partial charge in [0.1, 0.15) is 0 Å². The Morgan fingerprint density at radius 2 is 1.71 bits per heavy atom. The normalized spacial score (nSPS) is 19.2. The number of hydrogen-bond donors (Lipinski definition) is 1. The molecule has 3 aromatic rings. The lowest BCUT2D eigenvalue weighted by Crippen LogP contribution is -2.48. The predicted molar refractivity (Wildman–Crippen MR) is 125 cm³/mol. The van der Waals surface area contributed by atoms with Crippen LogP contribution in [0.5, 0.6) is 0 Å². The molecule has 2 heterocycles. The van der Waals surface area contributed by atoms with Crippen LogP contribution in [-0.2, 0) is 4.79 Å². The van der Waals surface area contributed by atoms with E-state index in [9.17, 15) is 9.59 Å². The maximum absolute atomic E-state index is 13.7. The van der Waals surface area contributed by atoms with Crippen molar-refractivity contribution in [3.05, 3.63) is 93.7 Å². The van der Waals surface area contributed by atoms with Crippen molar-refractivity contribution < 1.29 is 9.59 Å². The molecule has 0 saturated heterocycles. The Morgan fingerprint density at radius 3 is 2.39 bits per heavy atom. The Kier molecular flexibility index (Phi) is 6.23. The number of nitrogens with zero attached hydrogens (tertiary/aromatic N) is 1. The molecule has 0 bridgehead atoms. The maximum Gasteiger partial charge on any atom is 0.254 e. The van der Waals surface area contributed by atoms with Gasteiger partial charge in [-0.3, -0.25) is 9.59 Å². The third kappa shape index (κ3) is 4.28. The van der Waals surface area contributed by atoms with Crippen LogP contribution in [0.3, 0.4) is 0 Å². The van der Waals surface area contributed by atoms with Gasteiger partial charge in [-0.05, 0) is 41.5 Å². The zero-order valence-corrected chi connectivity index (χ0v) is 18.9. The second kappa shape index (κ2) is 9.06. The van der Waals surface area contributed by atoms with Crippen molar-refractivity contribution in [2.45, 2.75) is 38.8 Å². The van der Waals surface area contributed by atoms with E-state index in [1.54, 1.807) is 11.3 Å². The van der Waals surface area contributed by atoms with Gasteiger partial charge in [-0.2, -0.15) is 0 Å². The van der Waals surface area contributed by atoms with E-state index in [4.69, 9.17) is 0 Å². The van der Waals surface area contributed by atoms with Crippen LogP contribution in [0.4, 0.5) is 0 Å². The van der Waals surface area contributed by atoms with Gasteiger partial charge in [-0.25, -0.2) is 0 Å². The predicted octanol–water partition coefficient (Wildman–Crippen LogP) is 5.56. The summed E-state index contributed by atoms with van der Waals surface area (Å²) in [5.74, 6) is -0.215. The van der Waals surface area contributed by atoms with Crippen LogP contribution >= 0.6 is 11.3 Å². The monoisotopic (exact) mass is 432 g/mol. The van der Waals surface area contributed by atoms with E-state index in [0.717, 1.165) is 16.0 Å². The average molecular weight is 433 g/mol. The number of amides is 2. The lowest BCUT2D eigenvalue weighted by molar-refractivity contribution is -0.125. The molecule has 0 aliphatic carbocycles. The second-order valence-electron chi connectivity index (χ2n) is 8.52. The van der Waals surface area contributed by atoms with Crippen LogP contribution in [0.25, 0.3) is 0 Å². The van der Waals surface area contributed by atoms with Crippen LogP contribution in [0.1, 0.15) is 65.1 Å². The van der Waals surface area contributed by atoms with E-state index < -0.39 is 5.92 Å². The lowest BCUT2D eigenvalue weighted by atomic mass is 9.81. The summed E-state index contributed by atoms with van der Waals surface area (Å²) in [6.07, 6.45) is 0. The first-order valence-corrected chi connectivity index (χ1v) is 11.6. The van der Waals surface area contributed by atoms with Crippen LogP contribution in [0, 0.1) is 5.92 Å². The summed E-state index contributed by atoms with van der Waals surface area (Å²) >= 11 is 1.60. The van der Waals surface area contributed by atoms with Crippen molar-refractivity contribution in [2.24, 2.45) is 5.92 Å². The summed E-state index contributed by atoms with van der Waals surface area (Å²) in [6.45, 7) is 6.81. The van der Waals surface area contributed by atoms with E-state index in [2.05, 4.69) is 19.2 Å². The van der Waals surface area contributed by atoms with Crippen LogP contribution in [-0.4, -0.2) is 23.3 Å². The summed E-state index contributed by atoms with van der Waals surface area (Å²) in [5.41, 5.74) is 2.50. The maximum atomic E-state index is 13.7. The minimum atomic E-state index is -0.461. The fourth-order valence-corrected chi connectivity index (χ4v) is 5.25. The standard InChI is InChI=1S/C26H28N2O2S/c1-17(2)16-28-24(22-14-9-15-31-22)23(20-12-7-8-13-21(20)26(28)30)25(29)27-18(3)19-10-5-4-6-11-19/h4-15,17-18,23-24H,16H2,1-3H3,(H,27,29)/t18-,23+,24-/m1/s1. The topological polar surface area (TPSA) is 49.4 Å². The molecule has 1 N–H and O–H groups in total. The number of thiophene rings is 1. The molecule has 1 aliphatic heterocycles. The number of carbonyl (C=O) groups is 2. The van der Waals surface area contributed by atoms with Gasteiger partial charge in [0, 0.05) is 17.0 Å². The highest BCUT2D eigenvalue weighted by Crippen LogP contribution is 2.44. The highest BCUT2D eigenvalue weighted by molar-refractivity contribution is 7.10. The Bertz CT molecular complexity index is 1050. The average Bonchev–Trinajstić information content (AvgIpc) is 3.30. The Labute approximate surface area is 187 Å². The Balaban J connectivity index is 1.77. The van der Waals surface area contributed by atoms with E-state index in [1.807, 2.05) is 83.9 Å². The molecule has 0 spiro atoms. The molecule has 31 heavy (non-hydrogen) atoms. The third-order valence-corrected chi connectivity index (χ3v) is 6.72. The summed E-state index contributed by atoms with van der Waals surface area (Å²) in [4.78, 5) is 30.1. The third-order valence-electron chi connectivity index (χ3n) is 5.78. The Morgan fingerprint density at radius 1 is 1.00 bits per heavy atom. The molecule has 2 amide bonds. The van der Waals surface area contributed by atoms with Gasteiger partial charge in [0.2, 0.25) is 5.91 Å². The van der Waals surface area contributed by atoms with E-state index >= 15 is 0 Å². The van der Waals surface area contributed by atoms with Gasteiger partial charge in [0.05, 0.1) is 18.0 Å². The molecule has 3 atom stereocenters. The second-order valence-corrected chi connectivity index (χ2v) is 9.50. The fraction of sp³-hybridized carbons (Fsp3) is 0.308. The minimum Gasteiger partial charge on any atom is -0.349 e. The van der Waals surface area contributed by atoms with E-state index in [1.165, 1.54) is 0 Å². The zero-order chi connectivity index (χ0) is 22.0. The summed E-state index contributed by atoms with van der Waals surface area (Å²) in [5, 5.41) is 5.22. The lowest BCUT2D eigenvalue weighted by Gasteiger charge is -2.42. The van der Waals surface area contributed by atoms with E-state index in [0.29, 0.717) is 18.0 Å². The summed E-state index contributed by atoms with van der Waals surface area (Å²) in [7, 11) is 0. The van der Waals surface area contributed by atoms with Crippen molar-refractivity contribution in [2.75, 3.05) is 6.54 Å². The van der Waals surface area contributed by atoms with Crippen molar-refractivity contribution in [1.82, 2.24) is 10.2 Å². The minimum absolute atomic E-state index is 0.00265. The van der Waals surface area contributed by atoms with Crippen LogP contribution in [0.15, 0.2) is 72.1 Å². The SMILES string of the molecule is CC(C)CN1C(=O)c2ccccc2[C@H](C(=O)N[C@H](C)c2ccccc2)[C@H]1c1cccs1. The Hall–Kier alpha value is -2.92. The molecule has 0 fully saturated rings. The summed E-state index contributed by atoms with van der Waals surface area (Å²) < 4.78 is 0. The van der Waals surface area contributed by atoms with Crippen LogP contribution < -0.4 is 5.32 Å². The molecule has 1 aliphatic rings. The molecule has 4 rings (SSSR count). The number of hydrogen-bond acceptors (Lipinski definition) is 3.